The molecule has 7 nitrogen and oxygen atoms in total. The van der Waals surface area contributed by atoms with Crippen molar-refractivity contribution in [1.29, 1.82) is 5.26 Å². The van der Waals surface area contributed by atoms with Crippen LogP contribution >= 0.6 is 12.8 Å². The molecule has 0 spiro atoms. The summed E-state index contributed by atoms with van der Waals surface area (Å²) < 4.78 is 87.5. The van der Waals surface area contributed by atoms with Crippen molar-refractivity contribution in [1.82, 2.24) is 10.0 Å². The number of thiol groups is 1. The molecule has 0 saturated carbocycles. The van der Waals surface area contributed by atoms with Crippen molar-refractivity contribution in [3.05, 3.63) is 59.2 Å². The molecule has 0 fully saturated rings. The average molecular weight is 507 g/mol. The molecule has 0 aromatic heterocycles. The first-order valence-electron chi connectivity index (χ1n) is 9.05. The fourth-order valence-corrected chi connectivity index (χ4v) is 2.83. The van der Waals surface area contributed by atoms with Crippen molar-refractivity contribution < 1.29 is 45.4 Å². The van der Waals surface area contributed by atoms with E-state index >= 15 is 0 Å². The van der Waals surface area contributed by atoms with Crippen LogP contribution in [0, 0.1) is 11.3 Å². The second-order valence-corrected chi connectivity index (χ2v) is 7.13. The van der Waals surface area contributed by atoms with Gasteiger partial charge < -0.3 is 19.5 Å². The van der Waals surface area contributed by atoms with Gasteiger partial charge >= 0.3 is 12.5 Å². The van der Waals surface area contributed by atoms with E-state index in [2.05, 4.69) is 22.9 Å². The molecule has 0 heterocycles. The molecule has 0 aliphatic carbocycles. The van der Waals surface area contributed by atoms with E-state index in [9.17, 15) is 35.9 Å². The van der Waals surface area contributed by atoms with E-state index < -0.39 is 53.6 Å². The number of ether oxygens (including phenoxy) is 2. The molecule has 2 N–H and O–H groups in total. The Hall–Kier alpha value is -3.60. The highest BCUT2D eigenvalue weighted by Gasteiger charge is 2.39. The standard InChI is InChI=1S/C20H15F6N3O4S/c1-18(17(31)29-34,10-32-15-8-11(9-27)2-7-14(15)19(21,22)23)28-16(30)12-3-5-13(6-4-12)33-20(24,25)26/h2-8,34H,10H2,1H3,(H,28,30)(H,29,31). The minimum absolute atomic E-state index is 0.145. The van der Waals surface area contributed by atoms with Crippen molar-refractivity contribution in [2.75, 3.05) is 6.61 Å². The molecule has 0 saturated heterocycles. The Morgan fingerprint density at radius 3 is 2.18 bits per heavy atom. The fraction of sp³-hybridized carbons (Fsp3) is 0.250. The monoisotopic (exact) mass is 507 g/mol. The highest BCUT2D eigenvalue weighted by atomic mass is 32.1. The van der Waals surface area contributed by atoms with E-state index in [1.807, 2.05) is 4.72 Å². The van der Waals surface area contributed by atoms with Crippen molar-refractivity contribution in [3.63, 3.8) is 0 Å². The van der Waals surface area contributed by atoms with Crippen LogP contribution < -0.4 is 19.5 Å². The summed E-state index contributed by atoms with van der Waals surface area (Å²) >= 11 is 3.60. The summed E-state index contributed by atoms with van der Waals surface area (Å²) in [6.07, 6.45) is -9.78. The summed E-state index contributed by atoms with van der Waals surface area (Å²) in [5.74, 6) is -3.28. The Kier molecular flexibility index (Phi) is 7.93. The number of amides is 2. The zero-order chi connectivity index (χ0) is 25.7. The molecule has 1 atom stereocenters. The molecule has 0 aliphatic heterocycles. The first-order valence-corrected chi connectivity index (χ1v) is 9.50. The van der Waals surface area contributed by atoms with E-state index in [4.69, 9.17) is 10.00 Å². The predicted molar refractivity (Wildman–Crippen MR) is 108 cm³/mol. The van der Waals surface area contributed by atoms with Crippen LogP contribution in [0.2, 0.25) is 0 Å². The van der Waals surface area contributed by atoms with Crippen molar-refractivity contribution in [2.24, 2.45) is 0 Å². The Balaban J connectivity index is 2.26. The zero-order valence-corrected chi connectivity index (χ0v) is 17.9. The first-order chi connectivity index (χ1) is 15.7. The maximum Gasteiger partial charge on any atom is 0.573 e. The van der Waals surface area contributed by atoms with Crippen molar-refractivity contribution in [2.45, 2.75) is 25.0 Å². The molecule has 0 bridgehead atoms. The lowest BCUT2D eigenvalue weighted by molar-refractivity contribution is -0.274. The van der Waals surface area contributed by atoms with Gasteiger partial charge in [-0.05, 0) is 49.4 Å². The predicted octanol–water partition coefficient (Wildman–Crippen LogP) is 4.00. The number of nitrogens with one attached hydrogen (secondary N) is 2. The van der Waals surface area contributed by atoms with Gasteiger partial charge in [-0.25, -0.2) is 0 Å². The van der Waals surface area contributed by atoms with Gasteiger partial charge in [-0.3, -0.25) is 9.59 Å². The number of benzene rings is 2. The Bertz CT molecular complexity index is 1100. The number of nitrogens with zero attached hydrogens (tertiary/aromatic N) is 1. The van der Waals surface area contributed by atoms with Gasteiger partial charge in [-0.2, -0.15) is 18.4 Å². The summed E-state index contributed by atoms with van der Waals surface area (Å²) in [7, 11) is 0. The second kappa shape index (κ2) is 10.1. The molecule has 2 aromatic rings. The molecule has 2 rings (SSSR count). The summed E-state index contributed by atoms with van der Waals surface area (Å²) in [4.78, 5) is 24.9. The number of nitriles is 1. The van der Waals surface area contributed by atoms with Gasteiger partial charge in [0.25, 0.3) is 11.8 Å². The van der Waals surface area contributed by atoms with Crippen LogP contribution in [0.5, 0.6) is 11.5 Å². The van der Waals surface area contributed by atoms with Crippen LogP contribution in [-0.4, -0.2) is 30.3 Å². The molecular formula is C20H15F6N3O4S. The lowest BCUT2D eigenvalue weighted by Crippen LogP contribution is -2.59. The molecule has 34 heavy (non-hydrogen) atoms. The minimum Gasteiger partial charge on any atom is -0.490 e. The third-order valence-electron chi connectivity index (χ3n) is 4.27. The number of carbonyl (C=O) groups excluding carboxylic acids is 2. The summed E-state index contributed by atoms with van der Waals surface area (Å²) in [6, 6.07) is 7.73. The van der Waals surface area contributed by atoms with Crippen LogP contribution in [0.4, 0.5) is 26.3 Å². The lowest BCUT2D eigenvalue weighted by atomic mass is 10.0. The maximum atomic E-state index is 13.3. The lowest BCUT2D eigenvalue weighted by Gasteiger charge is -2.29. The summed E-state index contributed by atoms with van der Waals surface area (Å²) in [6.45, 7) is 0.303. The van der Waals surface area contributed by atoms with Crippen LogP contribution in [0.15, 0.2) is 42.5 Å². The maximum absolute atomic E-state index is 13.3. The van der Waals surface area contributed by atoms with E-state index in [1.54, 1.807) is 6.07 Å². The largest absolute Gasteiger partial charge is 0.573 e. The van der Waals surface area contributed by atoms with Crippen molar-refractivity contribution >= 4 is 24.6 Å². The molecule has 182 valence electrons. The van der Waals surface area contributed by atoms with E-state index in [0.29, 0.717) is 6.07 Å². The number of rotatable bonds is 7. The average Bonchev–Trinajstić information content (AvgIpc) is 2.75. The molecule has 2 aromatic carbocycles. The summed E-state index contributed by atoms with van der Waals surface area (Å²) in [5, 5.41) is 11.2. The van der Waals surface area contributed by atoms with Crippen molar-refractivity contribution in [3.8, 4) is 17.6 Å². The highest BCUT2D eigenvalue weighted by molar-refractivity contribution is 7.78. The van der Waals surface area contributed by atoms with Gasteiger partial charge in [0.05, 0.1) is 17.2 Å². The molecule has 14 heteroatoms. The Labute approximate surface area is 194 Å². The smallest absolute Gasteiger partial charge is 0.490 e. The van der Waals surface area contributed by atoms with Crippen LogP contribution in [-0.2, 0) is 11.0 Å². The number of carbonyl (C=O) groups is 2. The number of halogens is 6. The first kappa shape index (κ1) is 26.7. The SMILES string of the molecule is CC(COc1cc(C#N)ccc1C(F)(F)F)(NC(=O)c1ccc(OC(F)(F)F)cc1)C(=O)NS. The van der Waals surface area contributed by atoms with Gasteiger partial charge in [0.1, 0.15) is 18.1 Å². The quantitative estimate of drug-likeness (QED) is 0.389. The zero-order valence-electron chi connectivity index (χ0n) is 17.0. The van der Waals surface area contributed by atoms with E-state index in [1.165, 1.54) is 0 Å². The molecular weight excluding hydrogens is 492 g/mol. The highest BCUT2D eigenvalue weighted by Crippen LogP contribution is 2.37. The number of alkyl halides is 6. The van der Waals surface area contributed by atoms with Gasteiger partial charge in [-0.15, -0.1) is 13.2 Å². The molecule has 0 radical (unpaired) electrons. The third-order valence-corrected chi connectivity index (χ3v) is 4.48. The van der Waals surface area contributed by atoms with Gasteiger partial charge in [-0.1, -0.05) is 12.8 Å². The number of hydrogen-bond acceptors (Lipinski definition) is 6. The Morgan fingerprint density at radius 1 is 1.06 bits per heavy atom. The van der Waals surface area contributed by atoms with Gasteiger partial charge in [0, 0.05) is 5.56 Å². The summed E-state index contributed by atoms with van der Waals surface area (Å²) in [5.41, 5.74) is -3.53. The van der Waals surface area contributed by atoms with Crippen LogP contribution in [0.1, 0.15) is 28.4 Å². The van der Waals surface area contributed by atoms with E-state index in [0.717, 1.165) is 43.3 Å². The third kappa shape index (κ3) is 6.95. The van der Waals surface area contributed by atoms with Gasteiger partial charge in [0.15, 0.2) is 5.54 Å². The minimum atomic E-state index is -4.94. The Morgan fingerprint density at radius 2 is 1.68 bits per heavy atom. The molecule has 0 aliphatic rings. The number of hydrogen-bond donors (Lipinski definition) is 3. The van der Waals surface area contributed by atoms with Crippen LogP contribution in [0.25, 0.3) is 0 Å². The topological polar surface area (TPSA) is 100 Å². The van der Waals surface area contributed by atoms with Crippen LogP contribution in [0.3, 0.4) is 0 Å². The normalized spacial score (nSPS) is 13.3. The van der Waals surface area contributed by atoms with Gasteiger partial charge in [0.2, 0.25) is 0 Å². The fourth-order valence-electron chi connectivity index (χ4n) is 2.58. The second-order valence-electron chi connectivity index (χ2n) is 6.91. The molecule has 2 amide bonds. The van der Waals surface area contributed by atoms with E-state index in [-0.39, 0.29) is 11.1 Å². The molecule has 1 unspecified atom stereocenters.